The van der Waals surface area contributed by atoms with Crippen LogP contribution >= 0.6 is 0 Å². The molecule has 4 heteroatoms. The summed E-state index contributed by atoms with van der Waals surface area (Å²) in [5.74, 6) is -0.207. The van der Waals surface area contributed by atoms with Gasteiger partial charge in [0.05, 0.1) is 6.61 Å². The molecule has 2 rings (SSSR count). The summed E-state index contributed by atoms with van der Waals surface area (Å²) >= 11 is 0. The second kappa shape index (κ2) is 3.29. The van der Waals surface area contributed by atoms with Crippen LogP contribution in [-0.2, 0) is 9.53 Å². The molecule has 0 bridgehead atoms. The van der Waals surface area contributed by atoms with E-state index in [0.29, 0.717) is 18.6 Å². The summed E-state index contributed by atoms with van der Waals surface area (Å²) in [6.07, 6.45) is 3.25. The van der Waals surface area contributed by atoms with E-state index in [0.717, 1.165) is 12.0 Å². The van der Waals surface area contributed by atoms with Gasteiger partial charge < -0.3 is 9.30 Å². The fraction of sp³-hybridized carbons (Fsp3) is 0.400. The molecule has 0 radical (unpaired) electrons. The average molecular weight is 193 g/mol. The highest BCUT2D eigenvalue weighted by molar-refractivity contribution is 5.79. The van der Waals surface area contributed by atoms with Crippen molar-refractivity contribution in [2.75, 3.05) is 6.61 Å². The predicted octanol–water partition coefficient (Wildman–Crippen LogP) is 1.10. The minimum atomic E-state index is -0.247. The first-order valence-corrected chi connectivity index (χ1v) is 4.53. The van der Waals surface area contributed by atoms with Gasteiger partial charge in [-0.25, -0.2) is 4.79 Å². The normalized spacial score (nSPS) is 20.9. The summed E-state index contributed by atoms with van der Waals surface area (Å²) in [7, 11) is 0. The lowest BCUT2D eigenvalue weighted by Crippen LogP contribution is -2.14. The van der Waals surface area contributed by atoms with Crippen molar-refractivity contribution in [1.82, 2.24) is 4.57 Å². The first-order chi connectivity index (χ1) is 6.74. The first kappa shape index (κ1) is 8.99. The van der Waals surface area contributed by atoms with E-state index in [4.69, 9.17) is 4.74 Å². The highest BCUT2D eigenvalue weighted by atomic mass is 16.5. The average Bonchev–Trinajstić information content (AvgIpc) is 2.72. The molecule has 14 heavy (non-hydrogen) atoms. The van der Waals surface area contributed by atoms with E-state index in [2.05, 4.69) is 0 Å². The van der Waals surface area contributed by atoms with Crippen LogP contribution in [0.15, 0.2) is 12.3 Å². The molecule has 0 amide bonds. The minimum absolute atomic E-state index is 0.207. The van der Waals surface area contributed by atoms with Crippen molar-refractivity contribution in [3.05, 3.63) is 23.5 Å². The van der Waals surface area contributed by atoms with Gasteiger partial charge >= 0.3 is 5.97 Å². The van der Waals surface area contributed by atoms with Gasteiger partial charge in [0.25, 0.3) is 0 Å². The molecule has 1 saturated heterocycles. The van der Waals surface area contributed by atoms with Crippen molar-refractivity contribution in [3.63, 3.8) is 0 Å². The Hall–Kier alpha value is -1.58. The Morgan fingerprint density at radius 1 is 1.64 bits per heavy atom. The predicted molar refractivity (Wildman–Crippen MR) is 49.2 cm³/mol. The van der Waals surface area contributed by atoms with Gasteiger partial charge in [-0.2, -0.15) is 0 Å². The van der Waals surface area contributed by atoms with E-state index < -0.39 is 0 Å². The van der Waals surface area contributed by atoms with E-state index in [-0.39, 0.29) is 12.0 Å². The lowest BCUT2D eigenvalue weighted by atomic mass is 10.2. The van der Waals surface area contributed by atoms with Crippen molar-refractivity contribution in [1.29, 1.82) is 0 Å². The molecule has 4 nitrogen and oxygen atoms in total. The zero-order valence-electron chi connectivity index (χ0n) is 7.90. The topological polar surface area (TPSA) is 48.3 Å². The molecule has 0 aromatic carbocycles. The van der Waals surface area contributed by atoms with Crippen LogP contribution in [0.3, 0.4) is 0 Å². The molecule has 0 spiro atoms. The van der Waals surface area contributed by atoms with Crippen LogP contribution in [0.5, 0.6) is 0 Å². The Balaban J connectivity index is 2.36. The molecule has 1 aliphatic heterocycles. The summed E-state index contributed by atoms with van der Waals surface area (Å²) in [5.41, 5.74) is 1.45. The molecule has 1 aromatic heterocycles. The number of esters is 1. The number of aromatic nitrogens is 1. The maximum Gasteiger partial charge on any atom is 0.329 e. The first-order valence-electron chi connectivity index (χ1n) is 4.53. The van der Waals surface area contributed by atoms with Crippen LogP contribution in [0.2, 0.25) is 0 Å². The van der Waals surface area contributed by atoms with E-state index >= 15 is 0 Å². The molecule has 1 atom stereocenters. The molecule has 74 valence electrons. The quantitative estimate of drug-likeness (QED) is 0.522. The van der Waals surface area contributed by atoms with Crippen LogP contribution < -0.4 is 0 Å². The van der Waals surface area contributed by atoms with E-state index in [1.54, 1.807) is 16.8 Å². The third-order valence-electron chi connectivity index (χ3n) is 2.59. The van der Waals surface area contributed by atoms with Gasteiger partial charge in [0.1, 0.15) is 6.04 Å². The summed E-state index contributed by atoms with van der Waals surface area (Å²) in [5, 5.41) is 0. The third-order valence-corrected chi connectivity index (χ3v) is 2.59. The fourth-order valence-electron chi connectivity index (χ4n) is 1.74. The Kier molecular flexibility index (Phi) is 2.11. The summed E-state index contributed by atoms with van der Waals surface area (Å²) in [4.78, 5) is 21.9. The number of nitrogens with zero attached hydrogens (tertiary/aromatic N) is 1. The van der Waals surface area contributed by atoms with Gasteiger partial charge in [0.2, 0.25) is 0 Å². The van der Waals surface area contributed by atoms with Crippen LogP contribution in [0, 0.1) is 6.92 Å². The lowest BCUT2D eigenvalue weighted by Gasteiger charge is -2.10. The molecule has 1 aromatic rings. The molecule has 0 aliphatic carbocycles. The van der Waals surface area contributed by atoms with E-state index in [1.165, 1.54) is 0 Å². The standard InChI is InChI=1S/C10H11NO3/c1-7-8(6-12)2-4-11(7)9-3-5-14-10(9)13/h2,4,6,9H,3,5H2,1H3. The number of cyclic esters (lactones) is 1. The van der Waals surface area contributed by atoms with Gasteiger partial charge in [-0.05, 0) is 13.0 Å². The Morgan fingerprint density at radius 2 is 2.43 bits per heavy atom. The molecule has 0 N–H and O–H groups in total. The van der Waals surface area contributed by atoms with Gasteiger partial charge in [0, 0.05) is 23.9 Å². The number of carbonyl (C=O) groups excluding carboxylic acids is 2. The second-order valence-electron chi connectivity index (χ2n) is 3.35. The zero-order valence-corrected chi connectivity index (χ0v) is 7.90. The van der Waals surface area contributed by atoms with Crippen LogP contribution in [0.1, 0.15) is 28.5 Å². The Morgan fingerprint density at radius 3 is 2.93 bits per heavy atom. The SMILES string of the molecule is Cc1c(C=O)ccn1C1CCOC1=O. The Bertz CT molecular complexity index is 381. The summed E-state index contributed by atoms with van der Waals surface area (Å²) < 4.78 is 6.67. The lowest BCUT2D eigenvalue weighted by molar-refractivity contribution is -0.140. The van der Waals surface area contributed by atoms with Crippen LogP contribution in [-0.4, -0.2) is 23.4 Å². The summed E-state index contributed by atoms with van der Waals surface area (Å²) in [6.45, 7) is 2.30. The second-order valence-corrected chi connectivity index (χ2v) is 3.35. The third kappa shape index (κ3) is 1.23. The van der Waals surface area contributed by atoms with Gasteiger partial charge in [-0.1, -0.05) is 0 Å². The molecular weight excluding hydrogens is 182 g/mol. The fourth-order valence-corrected chi connectivity index (χ4v) is 1.74. The Labute approximate surface area is 81.5 Å². The van der Waals surface area contributed by atoms with Crippen molar-refractivity contribution < 1.29 is 14.3 Å². The highest BCUT2D eigenvalue weighted by Gasteiger charge is 2.28. The number of ether oxygens (including phenoxy) is 1. The smallest absolute Gasteiger partial charge is 0.329 e. The van der Waals surface area contributed by atoms with Crippen molar-refractivity contribution >= 4 is 12.3 Å². The van der Waals surface area contributed by atoms with E-state index in [1.807, 2.05) is 6.92 Å². The molecule has 1 fully saturated rings. The maximum absolute atomic E-state index is 11.3. The molecule has 1 aliphatic rings. The highest BCUT2D eigenvalue weighted by Crippen LogP contribution is 2.23. The molecule has 0 saturated carbocycles. The number of rotatable bonds is 2. The minimum Gasteiger partial charge on any atom is -0.464 e. The van der Waals surface area contributed by atoms with Crippen LogP contribution in [0.25, 0.3) is 0 Å². The number of carbonyl (C=O) groups is 2. The van der Waals surface area contributed by atoms with Gasteiger partial charge in [-0.3, -0.25) is 4.79 Å². The van der Waals surface area contributed by atoms with Gasteiger partial charge in [-0.15, -0.1) is 0 Å². The van der Waals surface area contributed by atoms with Crippen molar-refractivity contribution in [3.8, 4) is 0 Å². The maximum atomic E-state index is 11.3. The summed E-state index contributed by atoms with van der Waals surface area (Å²) in [6, 6.07) is 1.47. The van der Waals surface area contributed by atoms with Crippen molar-refractivity contribution in [2.45, 2.75) is 19.4 Å². The number of hydrogen-bond donors (Lipinski definition) is 0. The largest absolute Gasteiger partial charge is 0.464 e. The van der Waals surface area contributed by atoms with E-state index in [9.17, 15) is 9.59 Å². The molecular formula is C10H11NO3. The van der Waals surface area contributed by atoms with Crippen molar-refractivity contribution in [2.24, 2.45) is 0 Å². The molecule has 1 unspecified atom stereocenters. The zero-order chi connectivity index (χ0) is 10.1. The number of aldehydes is 1. The van der Waals surface area contributed by atoms with Crippen LogP contribution in [0.4, 0.5) is 0 Å². The monoisotopic (exact) mass is 193 g/mol. The molecule has 2 heterocycles. The number of hydrogen-bond acceptors (Lipinski definition) is 3. The van der Waals surface area contributed by atoms with Gasteiger partial charge in [0.15, 0.2) is 6.29 Å².